The summed E-state index contributed by atoms with van der Waals surface area (Å²) < 4.78 is 7.51. The average Bonchev–Trinajstić information content (AvgIpc) is 3.60. The maximum Gasteiger partial charge on any atom is 0.225 e. The van der Waals surface area contributed by atoms with Gasteiger partial charge in [0, 0.05) is 36.8 Å². The van der Waals surface area contributed by atoms with E-state index >= 15 is 0 Å². The molecule has 4 aromatic rings. The lowest BCUT2D eigenvalue weighted by Crippen LogP contribution is -2.21. The van der Waals surface area contributed by atoms with Crippen LogP contribution in [-0.4, -0.2) is 48.2 Å². The van der Waals surface area contributed by atoms with Crippen LogP contribution < -0.4 is 9.64 Å². The van der Waals surface area contributed by atoms with Crippen molar-refractivity contribution in [1.82, 2.24) is 35.2 Å². The highest BCUT2D eigenvalue weighted by atomic mass is 32.1. The first kappa shape index (κ1) is 19.6. The molecule has 5 rings (SSSR count). The molecule has 1 fully saturated rings. The van der Waals surface area contributed by atoms with Crippen molar-refractivity contribution in [3.8, 4) is 11.4 Å². The first-order valence-corrected chi connectivity index (χ1v) is 11.1. The molecule has 0 amide bonds. The third-order valence-electron chi connectivity index (χ3n) is 5.33. The number of hydrogen-bond donors (Lipinski definition) is 0. The highest BCUT2D eigenvalue weighted by Crippen LogP contribution is 2.31. The van der Waals surface area contributed by atoms with Crippen molar-refractivity contribution in [3.05, 3.63) is 64.6 Å². The quantitative estimate of drug-likeness (QED) is 0.438. The molecule has 1 aliphatic heterocycles. The molecule has 1 saturated heterocycles. The molecule has 158 valence electrons. The predicted molar refractivity (Wildman–Crippen MR) is 117 cm³/mol. The second-order valence-corrected chi connectivity index (χ2v) is 8.28. The predicted octanol–water partition coefficient (Wildman–Crippen LogP) is 3.04. The maximum absolute atomic E-state index is 5.91. The van der Waals surface area contributed by atoms with Crippen molar-refractivity contribution in [2.24, 2.45) is 0 Å². The van der Waals surface area contributed by atoms with Crippen molar-refractivity contribution < 1.29 is 4.74 Å². The van der Waals surface area contributed by atoms with Crippen molar-refractivity contribution in [3.63, 3.8) is 0 Å². The Morgan fingerprint density at radius 3 is 2.74 bits per heavy atom. The molecular formula is C21H22N8OS. The summed E-state index contributed by atoms with van der Waals surface area (Å²) in [6.45, 7) is 4.41. The molecule has 0 N–H and O–H groups in total. The standard InChI is InChI=1S/C21H22N8OS/c1-2-15-9-22-21(23-10-15)28-8-7-16(11-28)20-25-17(13-31-20)12-30-19-5-3-18(4-6-19)29-14-24-26-27-29/h3-6,9-10,13-14,16H,2,7-8,11-12H2,1H3. The first-order valence-electron chi connectivity index (χ1n) is 10.2. The van der Waals surface area contributed by atoms with Crippen LogP contribution in [0.1, 0.15) is 35.5 Å². The highest BCUT2D eigenvalue weighted by Gasteiger charge is 2.27. The van der Waals surface area contributed by atoms with E-state index in [0.29, 0.717) is 12.5 Å². The van der Waals surface area contributed by atoms with Crippen LogP contribution in [0.4, 0.5) is 5.95 Å². The smallest absolute Gasteiger partial charge is 0.225 e. The molecule has 4 heterocycles. The van der Waals surface area contributed by atoms with E-state index in [-0.39, 0.29) is 0 Å². The molecular weight excluding hydrogens is 412 g/mol. The third kappa shape index (κ3) is 4.38. The van der Waals surface area contributed by atoms with Gasteiger partial charge in [-0.3, -0.25) is 0 Å². The van der Waals surface area contributed by atoms with Gasteiger partial charge < -0.3 is 9.64 Å². The Kier molecular flexibility index (Phi) is 5.53. The minimum absolute atomic E-state index is 0.406. The van der Waals surface area contributed by atoms with E-state index in [4.69, 9.17) is 9.72 Å². The Bertz CT molecular complexity index is 1110. The first-order chi connectivity index (χ1) is 15.3. The summed E-state index contributed by atoms with van der Waals surface area (Å²) in [5.74, 6) is 2.00. The van der Waals surface area contributed by atoms with E-state index < -0.39 is 0 Å². The molecule has 31 heavy (non-hydrogen) atoms. The fourth-order valence-electron chi connectivity index (χ4n) is 3.55. The number of tetrazole rings is 1. The van der Waals surface area contributed by atoms with Gasteiger partial charge in [0.05, 0.1) is 16.4 Å². The Labute approximate surface area is 183 Å². The van der Waals surface area contributed by atoms with Crippen LogP contribution in [0.15, 0.2) is 48.4 Å². The van der Waals surface area contributed by atoms with Crippen molar-refractivity contribution in [2.75, 3.05) is 18.0 Å². The number of aryl methyl sites for hydroxylation is 1. The van der Waals surface area contributed by atoms with Gasteiger partial charge in [0.1, 0.15) is 18.7 Å². The summed E-state index contributed by atoms with van der Waals surface area (Å²) in [5.41, 5.74) is 2.99. The van der Waals surface area contributed by atoms with Crippen LogP contribution in [0.3, 0.4) is 0 Å². The third-order valence-corrected chi connectivity index (χ3v) is 6.38. The number of thiazole rings is 1. The molecule has 0 spiro atoms. The fraction of sp³-hybridized carbons (Fsp3) is 0.333. The van der Waals surface area contributed by atoms with Crippen LogP contribution in [0.2, 0.25) is 0 Å². The zero-order valence-corrected chi connectivity index (χ0v) is 17.9. The molecule has 0 saturated carbocycles. The molecule has 0 aliphatic carbocycles. The van der Waals surface area contributed by atoms with E-state index in [1.807, 2.05) is 36.7 Å². The van der Waals surface area contributed by atoms with Gasteiger partial charge >= 0.3 is 0 Å². The van der Waals surface area contributed by atoms with Gasteiger partial charge in [0.2, 0.25) is 5.95 Å². The van der Waals surface area contributed by atoms with E-state index in [9.17, 15) is 0 Å². The molecule has 3 aromatic heterocycles. The summed E-state index contributed by atoms with van der Waals surface area (Å²) in [6, 6.07) is 7.65. The Hall–Kier alpha value is -3.40. The molecule has 9 nitrogen and oxygen atoms in total. The molecule has 1 atom stereocenters. The van der Waals surface area contributed by atoms with Gasteiger partial charge in [-0.15, -0.1) is 16.4 Å². The Morgan fingerprint density at radius 2 is 2.00 bits per heavy atom. The molecule has 1 unspecified atom stereocenters. The molecule has 1 aromatic carbocycles. The van der Waals surface area contributed by atoms with Crippen molar-refractivity contribution >= 4 is 17.3 Å². The lowest BCUT2D eigenvalue weighted by atomic mass is 10.1. The zero-order chi connectivity index (χ0) is 21.0. The van der Waals surface area contributed by atoms with Crippen LogP contribution in [-0.2, 0) is 13.0 Å². The number of ether oxygens (including phenoxy) is 1. The maximum atomic E-state index is 5.91. The zero-order valence-electron chi connectivity index (χ0n) is 17.1. The number of aromatic nitrogens is 7. The van der Waals surface area contributed by atoms with Gasteiger partial charge in [0.25, 0.3) is 0 Å². The van der Waals surface area contributed by atoms with Crippen molar-refractivity contribution in [1.29, 1.82) is 0 Å². The second kappa shape index (κ2) is 8.76. The van der Waals surface area contributed by atoms with E-state index in [1.54, 1.807) is 22.3 Å². The van der Waals surface area contributed by atoms with Crippen LogP contribution >= 0.6 is 11.3 Å². The second-order valence-electron chi connectivity index (χ2n) is 7.39. The Morgan fingerprint density at radius 1 is 1.16 bits per heavy atom. The number of hydrogen-bond acceptors (Lipinski definition) is 9. The average molecular weight is 435 g/mol. The molecule has 10 heteroatoms. The SMILES string of the molecule is CCc1cnc(N2CCC(c3nc(COc4ccc(-n5cnnn5)cc4)cs3)C2)nc1. The summed E-state index contributed by atoms with van der Waals surface area (Å²) >= 11 is 1.70. The van der Waals surface area contributed by atoms with Gasteiger partial charge in [-0.05, 0) is 53.1 Å². The van der Waals surface area contributed by atoms with Gasteiger partial charge in [-0.25, -0.2) is 19.6 Å². The summed E-state index contributed by atoms with van der Waals surface area (Å²) in [5, 5.41) is 14.4. The minimum Gasteiger partial charge on any atom is -0.487 e. The number of rotatable bonds is 7. The lowest BCUT2D eigenvalue weighted by Gasteiger charge is -2.15. The minimum atomic E-state index is 0.406. The number of anilines is 1. The van der Waals surface area contributed by atoms with E-state index in [2.05, 4.69) is 42.7 Å². The summed E-state index contributed by atoms with van der Waals surface area (Å²) in [7, 11) is 0. The largest absolute Gasteiger partial charge is 0.487 e. The van der Waals surface area contributed by atoms with Crippen molar-refractivity contribution in [2.45, 2.75) is 32.3 Å². The van der Waals surface area contributed by atoms with Crippen LogP contribution in [0.5, 0.6) is 5.75 Å². The van der Waals surface area contributed by atoms with E-state index in [0.717, 1.165) is 59.6 Å². The fourth-order valence-corrected chi connectivity index (χ4v) is 4.48. The van der Waals surface area contributed by atoms with E-state index in [1.165, 1.54) is 0 Å². The number of benzene rings is 1. The number of nitrogens with zero attached hydrogens (tertiary/aromatic N) is 8. The molecule has 1 aliphatic rings. The lowest BCUT2D eigenvalue weighted by molar-refractivity contribution is 0.301. The van der Waals surface area contributed by atoms with Crippen LogP contribution in [0, 0.1) is 0 Å². The molecule has 0 bridgehead atoms. The normalized spacial score (nSPS) is 16.0. The van der Waals surface area contributed by atoms with Crippen LogP contribution in [0.25, 0.3) is 5.69 Å². The Balaban J connectivity index is 1.17. The summed E-state index contributed by atoms with van der Waals surface area (Å²) in [4.78, 5) is 16.1. The highest BCUT2D eigenvalue weighted by molar-refractivity contribution is 7.09. The molecule has 0 radical (unpaired) electrons. The summed E-state index contributed by atoms with van der Waals surface area (Å²) in [6.07, 6.45) is 7.42. The monoisotopic (exact) mass is 434 g/mol. The van der Waals surface area contributed by atoms with Gasteiger partial charge in [-0.1, -0.05) is 6.92 Å². The van der Waals surface area contributed by atoms with Gasteiger partial charge in [-0.2, -0.15) is 0 Å². The van der Waals surface area contributed by atoms with Gasteiger partial charge in [0.15, 0.2) is 0 Å². The topological polar surface area (TPSA) is 94.7 Å².